The van der Waals surface area contributed by atoms with Crippen LogP contribution >= 0.6 is 0 Å². The second-order valence-corrected chi connectivity index (χ2v) is 0.831. The Hall–Kier alpha value is -0.610. The number of hydrogen-bond acceptors (Lipinski definition) is 3. The second-order valence-electron chi connectivity index (χ2n) is 0.831. The fourth-order valence-electron chi connectivity index (χ4n) is 0.0478. The van der Waals surface area contributed by atoms with Gasteiger partial charge in [-0.2, -0.15) is 0 Å². The summed E-state index contributed by atoms with van der Waals surface area (Å²) in [5.74, 6) is -1.92. The number of aliphatic carboxylic acids is 1. The number of aliphatic hydroxyl groups is 1. The monoisotopic (exact) mass is 109 g/mol. The number of rotatable bonds is 2. The van der Waals surface area contributed by atoms with E-state index >= 15 is 0 Å². The average Bonchev–Trinajstić information content (AvgIpc) is 1.62. The van der Waals surface area contributed by atoms with Crippen molar-refractivity contribution in [3.63, 3.8) is 0 Å². The van der Waals surface area contributed by atoms with Gasteiger partial charge in [0.05, 0.1) is 10.7 Å². The molecule has 0 saturated carbocycles. The zero-order valence-electron chi connectivity index (χ0n) is 6.38. The van der Waals surface area contributed by atoms with Gasteiger partial charge in [0.25, 0.3) is 0 Å². The third-order valence-electron chi connectivity index (χ3n) is 0.351. The molecule has 0 aliphatic rings. The van der Waals surface area contributed by atoms with Gasteiger partial charge in [0.1, 0.15) is 6.02 Å². The number of hydrogen-bond donors (Lipinski definition) is 3. The molecular formula is C3H7NO3. The summed E-state index contributed by atoms with van der Waals surface area (Å²) in [5, 5.41) is 16.4. The van der Waals surface area contributed by atoms with E-state index in [0.29, 0.717) is 0 Å². The van der Waals surface area contributed by atoms with E-state index in [1.165, 1.54) is 0 Å². The van der Waals surface area contributed by atoms with Gasteiger partial charge in [-0.25, -0.2) is 0 Å². The lowest BCUT2D eigenvalue weighted by Crippen LogP contribution is -2.33. The molecule has 0 fully saturated rings. The Bertz CT molecular complexity index is 152. The van der Waals surface area contributed by atoms with E-state index in [1.54, 1.807) is 0 Å². The van der Waals surface area contributed by atoms with Crippen LogP contribution in [0.25, 0.3) is 0 Å². The number of carboxylic acids is 1. The van der Waals surface area contributed by atoms with Crippen molar-refractivity contribution < 1.29 is 19.1 Å². The van der Waals surface area contributed by atoms with Gasteiger partial charge < -0.3 is 15.9 Å². The van der Waals surface area contributed by atoms with Crippen LogP contribution in [0.2, 0.25) is 0 Å². The maximum absolute atomic E-state index is 9.96. The van der Waals surface area contributed by atoms with Gasteiger partial charge in [0.15, 0.2) is 0 Å². The molecule has 0 spiro atoms. The first-order chi connectivity index (χ1) is 4.19. The molecule has 0 heterocycles. The summed E-state index contributed by atoms with van der Waals surface area (Å²) in [7, 11) is 0. The smallest absolute Gasteiger partial charge is 0.322 e. The summed E-state index contributed by atoms with van der Waals surface area (Å²) in [5.41, 5.74) is 4.58. The summed E-state index contributed by atoms with van der Waals surface area (Å²) in [6.07, 6.45) is 0. The Morgan fingerprint density at radius 1 is 2.29 bits per heavy atom. The molecule has 0 amide bonds. The highest BCUT2D eigenvalue weighted by Gasteiger charge is 2.06. The van der Waals surface area contributed by atoms with Gasteiger partial charge in [-0.3, -0.25) is 4.79 Å². The molecule has 0 aromatic heterocycles. The van der Waals surface area contributed by atoms with Crippen molar-refractivity contribution in [2.45, 2.75) is 6.02 Å². The van der Waals surface area contributed by atoms with Gasteiger partial charge in [-0.15, -0.1) is 0 Å². The topological polar surface area (TPSA) is 83.5 Å². The van der Waals surface area contributed by atoms with E-state index in [1.807, 2.05) is 0 Å². The largest absolute Gasteiger partial charge is 0.480 e. The van der Waals surface area contributed by atoms with Crippen LogP contribution in [0, 0.1) is 0 Å². The predicted molar refractivity (Wildman–Crippen MR) is 22.7 cm³/mol. The van der Waals surface area contributed by atoms with E-state index in [4.69, 9.17) is 14.3 Å². The van der Waals surface area contributed by atoms with Crippen LogP contribution in [-0.4, -0.2) is 28.8 Å². The molecule has 0 saturated heterocycles. The SMILES string of the molecule is [2H]C([2H])(O)C([2H])(N)[13C](=O)O. The predicted octanol–water partition coefficient (Wildman–Crippen LogP) is -1.61. The van der Waals surface area contributed by atoms with E-state index in [9.17, 15) is 4.79 Å². The summed E-state index contributed by atoms with van der Waals surface area (Å²) < 4.78 is 19.4. The first-order valence-corrected chi connectivity index (χ1v) is 1.44. The molecule has 0 aliphatic heterocycles. The van der Waals surface area contributed by atoms with Crippen LogP contribution < -0.4 is 5.73 Å². The molecule has 0 rings (SSSR count). The molecule has 42 valence electrons. The van der Waals surface area contributed by atoms with Crippen molar-refractivity contribution in [2.24, 2.45) is 5.73 Å². The van der Waals surface area contributed by atoms with Gasteiger partial charge in [-0.1, -0.05) is 0 Å². The fourth-order valence-corrected chi connectivity index (χ4v) is 0.0478. The minimum atomic E-state index is -3.24. The Morgan fingerprint density at radius 2 is 2.71 bits per heavy atom. The lowest BCUT2D eigenvalue weighted by molar-refractivity contribution is -0.139. The molecule has 7 heavy (non-hydrogen) atoms. The first-order valence-electron chi connectivity index (χ1n) is 2.94. The second kappa shape index (κ2) is 2.54. The normalized spacial score (nSPS) is 26.3. The average molecular weight is 109 g/mol. The molecular weight excluding hydrogens is 99.0 g/mol. The number of nitrogens with two attached hydrogens (primary N) is 1. The van der Waals surface area contributed by atoms with Crippen molar-refractivity contribution >= 4 is 5.97 Å². The van der Waals surface area contributed by atoms with Crippen molar-refractivity contribution in [3.05, 3.63) is 0 Å². The van der Waals surface area contributed by atoms with E-state index < -0.39 is 18.5 Å². The first kappa shape index (κ1) is 2.64. The van der Waals surface area contributed by atoms with Gasteiger partial charge >= 0.3 is 5.97 Å². The quantitative estimate of drug-likeness (QED) is 0.372. The van der Waals surface area contributed by atoms with Crippen molar-refractivity contribution in [1.29, 1.82) is 0 Å². The molecule has 0 aromatic carbocycles. The highest BCUT2D eigenvalue weighted by molar-refractivity contribution is 5.73. The van der Waals surface area contributed by atoms with Crippen molar-refractivity contribution in [1.82, 2.24) is 0 Å². The standard InChI is InChI=1S/C3H7NO3/c4-2(1-5)3(6)7/h2,5H,1,4H2,(H,6,7)/i1D2,2D,3+1. The summed E-state index contributed by atoms with van der Waals surface area (Å²) in [6.45, 7) is -3.24. The maximum atomic E-state index is 9.96. The van der Waals surface area contributed by atoms with Crippen molar-refractivity contribution in [2.75, 3.05) is 6.56 Å². The summed E-state index contributed by atoms with van der Waals surface area (Å²) in [6, 6.07) is -3.01. The minimum Gasteiger partial charge on any atom is -0.480 e. The number of carbonyl (C=O) groups is 1. The zero-order valence-corrected chi connectivity index (χ0v) is 3.38. The molecule has 1 unspecified atom stereocenters. The Kier molecular flexibility index (Phi) is 0.958. The minimum absolute atomic E-state index is 1.92. The molecule has 0 radical (unpaired) electrons. The summed E-state index contributed by atoms with van der Waals surface area (Å²) >= 11 is 0. The Labute approximate surface area is 44.8 Å². The lowest BCUT2D eigenvalue weighted by atomic mass is 10.5. The highest BCUT2D eigenvalue weighted by Crippen LogP contribution is 1.71. The third kappa shape index (κ3) is 2.13. The van der Waals surface area contributed by atoms with Crippen LogP contribution in [0.1, 0.15) is 4.11 Å². The van der Waals surface area contributed by atoms with Crippen LogP contribution in [-0.2, 0) is 4.79 Å². The molecule has 0 aromatic rings. The zero-order chi connectivity index (χ0) is 8.58. The van der Waals surface area contributed by atoms with Gasteiger partial charge in [0, 0.05) is 0 Å². The summed E-state index contributed by atoms with van der Waals surface area (Å²) in [4.78, 5) is 9.96. The van der Waals surface area contributed by atoms with E-state index in [2.05, 4.69) is 5.73 Å². The van der Waals surface area contributed by atoms with Gasteiger partial charge in [-0.05, 0) is 0 Å². The number of carboxylic acid groups (broad SMARTS) is 1. The molecule has 0 bridgehead atoms. The molecule has 0 aliphatic carbocycles. The lowest BCUT2D eigenvalue weighted by Gasteiger charge is -1.96. The van der Waals surface area contributed by atoms with Crippen LogP contribution in [0.4, 0.5) is 0 Å². The Morgan fingerprint density at radius 3 is 2.71 bits per heavy atom. The van der Waals surface area contributed by atoms with Crippen molar-refractivity contribution in [3.8, 4) is 0 Å². The molecule has 4 N–H and O–H groups in total. The van der Waals surface area contributed by atoms with E-state index in [0.717, 1.165) is 0 Å². The van der Waals surface area contributed by atoms with Crippen LogP contribution in [0.3, 0.4) is 0 Å². The fraction of sp³-hybridized carbons (Fsp3) is 0.667. The maximum Gasteiger partial charge on any atom is 0.322 e. The van der Waals surface area contributed by atoms with E-state index in [-0.39, 0.29) is 0 Å². The van der Waals surface area contributed by atoms with Gasteiger partial charge in [0.2, 0.25) is 0 Å². The molecule has 1 atom stereocenters. The molecule has 4 heteroatoms. The van der Waals surface area contributed by atoms with Crippen LogP contribution in [0.5, 0.6) is 0 Å². The third-order valence-corrected chi connectivity index (χ3v) is 0.351. The highest BCUT2D eigenvalue weighted by atomic mass is 16.5. The molecule has 4 nitrogen and oxygen atoms in total. The van der Waals surface area contributed by atoms with Crippen LogP contribution in [0.15, 0.2) is 0 Å². The Balaban J connectivity index is 4.57.